The topological polar surface area (TPSA) is 130 Å². The van der Waals surface area contributed by atoms with Gasteiger partial charge in [0, 0.05) is 18.6 Å². The summed E-state index contributed by atoms with van der Waals surface area (Å²) in [5.41, 5.74) is 5.79. The van der Waals surface area contributed by atoms with Crippen LogP contribution in [0.5, 0.6) is 0 Å². The van der Waals surface area contributed by atoms with Gasteiger partial charge in [0.15, 0.2) is 9.84 Å². The van der Waals surface area contributed by atoms with E-state index in [-0.39, 0.29) is 29.7 Å². The summed E-state index contributed by atoms with van der Waals surface area (Å²) in [4.78, 5) is 24.9. The van der Waals surface area contributed by atoms with E-state index in [0.29, 0.717) is 32.2 Å². The minimum atomic E-state index is -3.29. The number of hydrogen-bond donors (Lipinski definition) is 3. The molecule has 1 saturated carbocycles. The lowest BCUT2D eigenvalue weighted by Crippen LogP contribution is -2.52. The van der Waals surface area contributed by atoms with Crippen molar-refractivity contribution in [3.05, 3.63) is 0 Å². The maximum atomic E-state index is 12.4. The van der Waals surface area contributed by atoms with Crippen molar-refractivity contribution in [1.29, 1.82) is 0 Å². The molecule has 0 aromatic rings. The first kappa shape index (κ1) is 19.0. The molecule has 4 N–H and O–H groups in total. The molecule has 138 valence electrons. The van der Waals surface area contributed by atoms with E-state index in [9.17, 15) is 18.0 Å². The van der Waals surface area contributed by atoms with Crippen molar-refractivity contribution in [2.24, 2.45) is 11.7 Å². The highest BCUT2D eigenvalue weighted by Crippen LogP contribution is 2.33. The van der Waals surface area contributed by atoms with Crippen LogP contribution in [0.1, 0.15) is 39.5 Å². The average molecular weight is 361 g/mol. The Labute approximate surface area is 142 Å². The summed E-state index contributed by atoms with van der Waals surface area (Å²) in [6, 6.07) is -0.980. The molecule has 2 unspecified atom stereocenters. The first-order valence-corrected chi connectivity index (χ1v) is 10.1. The van der Waals surface area contributed by atoms with Crippen molar-refractivity contribution in [2.75, 3.05) is 12.3 Å². The number of hydrogen-bond acceptors (Lipinski definition) is 5. The van der Waals surface area contributed by atoms with Crippen molar-refractivity contribution >= 4 is 21.8 Å². The molecule has 1 aliphatic heterocycles. The number of carboxylic acid groups (broad SMARTS) is 1. The lowest BCUT2D eigenvalue weighted by atomic mass is 9.81. The fraction of sp³-hybridized carbons (Fsp3) is 0.867. The summed E-state index contributed by atoms with van der Waals surface area (Å²) in [5.74, 6) is -0.444. The molecule has 0 aromatic heterocycles. The highest BCUT2D eigenvalue weighted by atomic mass is 32.2. The largest absolute Gasteiger partial charge is 0.465 e. The monoisotopic (exact) mass is 361 g/mol. The zero-order chi connectivity index (χ0) is 18.1. The number of nitrogens with zero attached hydrogens (tertiary/aromatic N) is 1. The van der Waals surface area contributed by atoms with E-state index in [4.69, 9.17) is 10.8 Å². The molecule has 4 atom stereocenters. The lowest BCUT2D eigenvalue weighted by Gasteiger charge is -2.41. The van der Waals surface area contributed by atoms with Gasteiger partial charge in [0.05, 0.1) is 17.0 Å². The quantitative estimate of drug-likeness (QED) is 0.640. The Balaban J connectivity index is 2.18. The standard InChI is InChI=1S/C15H27N3O5S/c1-9(2)24(22,23)8-10-7-11(17-15(20)21)3-4-13(10)18-6-5-12(16)14(18)19/h9-13,17H,3-8,16H2,1-2H3,(H,20,21)/t10-,11?,12?,13-/m0/s1. The first-order chi connectivity index (χ1) is 11.1. The van der Waals surface area contributed by atoms with Gasteiger partial charge in [-0.15, -0.1) is 0 Å². The Bertz CT molecular complexity index is 592. The second-order valence-electron chi connectivity index (χ2n) is 7.09. The zero-order valence-electron chi connectivity index (χ0n) is 14.1. The van der Waals surface area contributed by atoms with Crippen LogP contribution in [0, 0.1) is 5.92 Å². The number of sulfone groups is 1. The van der Waals surface area contributed by atoms with Crippen LogP contribution in [-0.4, -0.2) is 66.1 Å². The van der Waals surface area contributed by atoms with Gasteiger partial charge < -0.3 is 21.1 Å². The summed E-state index contributed by atoms with van der Waals surface area (Å²) < 4.78 is 24.7. The summed E-state index contributed by atoms with van der Waals surface area (Å²) in [7, 11) is -3.29. The van der Waals surface area contributed by atoms with Gasteiger partial charge in [0.25, 0.3) is 0 Å². The van der Waals surface area contributed by atoms with Gasteiger partial charge in [0.2, 0.25) is 5.91 Å². The second-order valence-corrected chi connectivity index (χ2v) is 9.69. The smallest absolute Gasteiger partial charge is 0.404 e. The Kier molecular flexibility index (Phi) is 5.74. The summed E-state index contributed by atoms with van der Waals surface area (Å²) in [5, 5.41) is 10.9. The van der Waals surface area contributed by atoms with Crippen molar-refractivity contribution in [2.45, 2.75) is 62.9 Å². The van der Waals surface area contributed by atoms with Gasteiger partial charge in [0.1, 0.15) is 0 Å². The molecule has 0 radical (unpaired) electrons. The Morgan fingerprint density at radius 1 is 1.38 bits per heavy atom. The van der Waals surface area contributed by atoms with Crippen molar-refractivity contribution < 1.29 is 23.1 Å². The number of carbonyl (C=O) groups excluding carboxylic acids is 1. The van der Waals surface area contributed by atoms with E-state index < -0.39 is 27.2 Å². The van der Waals surface area contributed by atoms with Crippen molar-refractivity contribution in [3.8, 4) is 0 Å². The summed E-state index contributed by atoms with van der Waals surface area (Å²) in [6.07, 6.45) is 1.07. The molecule has 2 aliphatic rings. The third-order valence-corrected chi connectivity index (χ3v) is 7.45. The molecule has 2 fully saturated rings. The highest BCUT2D eigenvalue weighted by Gasteiger charge is 2.42. The number of rotatable bonds is 5. The Hall–Kier alpha value is -1.35. The van der Waals surface area contributed by atoms with Crippen LogP contribution in [0.25, 0.3) is 0 Å². The van der Waals surface area contributed by atoms with E-state index in [1.165, 1.54) is 0 Å². The fourth-order valence-electron chi connectivity index (χ4n) is 3.69. The number of likely N-dealkylation sites (tertiary alicyclic amines) is 1. The normalized spacial score (nSPS) is 31.5. The predicted octanol–water partition coefficient (Wildman–Crippen LogP) is 0.174. The molecule has 24 heavy (non-hydrogen) atoms. The van der Waals surface area contributed by atoms with Crippen LogP contribution >= 0.6 is 0 Å². The molecule has 1 aliphatic carbocycles. The predicted molar refractivity (Wildman–Crippen MR) is 89.3 cm³/mol. The van der Waals surface area contributed by atoms with Crippen LogP contribution < -0.4 is 11.1 Å². The number of nitrogens with one attached hydrogen (secondary N) is 1. The molecule has 0 bridgehead atoms. The summed E-state index contributed by atoms with van der Waals surface area (Å²) >= 11 is 0. The van der Waals surface area contributed by atoms with E-state index in [1.54, 1.807) is 18.7 Å². The molecule has 0 spiro atoms. The van der Waals surface area contributed by atoms with Crippen LogP contribution in [0.4, 0.5) is 4.79 Å². The van der Waals surface area contributed by atoms with Crippen molar-refractivity contribution in [1.82, 2.24) is 10.2 Å². The van der Waals surface area contributed by atoms with Gasteiger partial charge >= 0.3 is 6.09 Å². The Morgan fingerprint density at radius 2 is 2.04 bits per heavy atom. The molecule has 2 amide bonds. The maximum absolute atomic E-state index is 12.4. The first-order valence-electron chi connectivity index (χ1n) is 8.39. The molecular weight excluding hydrogens is 334 g/mol. The molecular formula is C15H27N3O5S. The van der Waals surface area contributed by atoms with E-state index in [0.717, 1.165) is 0 Å². The van der Waals surface area contributed by atoms with Gasteiger partial charge in [-0.05, 0) is 45.4 Å². The molecule has 1 saturated heterocycles. The maximum Gasteiger partial charge on any atom is 0.404 e. The molecule has 8 nitrogen and oxygen atoms in total. The molecule has 0 aromatic carbocycles. The van der Waals surface area contributed by atoms with E-state index in [1.807, 2.05) is 0 Å². The van der Waals surface area contributed by atoms with Gasteiger partial charge in [-0.25, -0.2) is 13.2 Å². The van der Waals surface area contributed by atoms with E-state index in [2.05, 4.69) is 5.32 Å². The van der Waals surface area contributed by atoms with Crippen LogP contribution in [-0.2, 0) is 14.6 Å². The fourth-order valence-corrected chi connectivity index (χ4v) is 5.03. The third-order valence-electron chi connectivity index (χ3n) is 5.12. The SMILES string of the molecule is CC(C)S(=O)(=O)C[C@@H]1CC(NC(=O)O)CC[C@@H]1N1CCC(N)C1=O. The van der Waals surface area contributed by atoms with Gasteiger partial charge in [-0.2, -0.15) is 0 Å². The van der Waals surface area contributed by atoms with Crippen LogP contribution in [0.2, 0.25) is 0 Å². The average Bonchev–Trinajstić information content (AvgIpc) is 2.78. The number of nitrogens with two attached hydrogens (primary N) is 1. The molecule has 9 heteroatoms. The van der Waals surface area contributed by atoms with Crippen LogP contribution in [0.15, 0.2) is 0 Å². The minimum Gasteiger partial charge on any atom is -0.465 e. The Morgan fingerprint density at radius 3 is 2.54 bits per heavy atom. The number of amides is 2. The summed E-state index contributed by atoms with van der Waals surface area (Å²) in [6.45, 7) is 3.81. The minimum absolute atomic E-state index is 0.0356. The highest BCUT2D eigenvalue weighted by molar-refractivity contribution is 7.91. The molecule has 1 heterocycles. The zero-order valence-corrected chi connectivity index (χ0v) is 15.0. The number of carbonyl (C=O) groups is 2. The van der Waals surface area contributed by atoms with Crippen molar-refractivity contribution in [3.63, 3.8) is 0 Å². The van der Waals surface area contributed by atoms with Crippen LogP contribution in [0.3, 0.4) is 0 Å². The van der Waals surface area contributed by atoms with E-state index >= 15 is 0 Å². The lowest BCUT2D eigenvalue weighted by molar-refractivity contribution is -0.132. The van der Waals surface area contributed by atoms with Gasteiger partial charge in [-0.3, -0.25) is 4.79 Å². The van der Waals surface area contributed by atoms with Gasteiger partial charge in [-0.1, -0.05) is 0 Å². The molecule has 2 rings (SSSR count). The second kappa shape index (κ2) is 7.26. The third kappa shape index (κ3) is 4.18.